The van der Waals surface area contributed by atoms with Gasteiger partial charge in [0.1, 0.15) is 0 Å². The van der Waals surface area contributed by atoms with Gasteiger partial charge in [-0.2, -0.15) is 0 Å². The molecule has 25 heavy (non-hydrogen) atoms. The molecule has 0 bridgehead atoms. The van der Waals surface area contributed by atoms with Crippen molar-refractivity contribution in [1.82, 2.24) is 4.98 Å². The molecular formula is C24H33N. The number of nitrogens with zero attached hydrogens (tertiary/aromatic N) is 1. The van der Waals surface area contributed by atoms with Crippen LogP contribution in [0.15, 0.2) is 54.7 Å². The molecule has 134 valence electrons. The van der Waals surface area contributed by atoms with Crippen LogP contribution in [0.2, 0.25) is 0 Å². The van der Waals surface area contributed by atoms with E-state index in [1.54, 1.807) is 0 Å². The van der Waals surface area contributed by atoms with Crippen molar-refractivity contribution in [3.8, 4) is 0 Å². The Morgan fingerprint density at radius 1 is 0.880 bits per heavy atom. The molecule has 1 heterocycles. The number of hydrogen-bond acceptors (Lipinski definition) is 1. The molecule has 0 amide bonds. The zero-order valence-electron chi connectivity index (χ0n) is 16.9. The van der Waals surface area contributed by atoms with Crippen molar-refractivity contribution in [3.63, 3.8) is 0 Å². The number of para-hydroxylation sites is 1. The first-order valence-corrected chi connectivity index (χ1v) is 9.42. The first-order chi connectivity index (χ1) is 12.0. The summed E-state index contributed by atoms with van der Waals surface area (Å²) in [5, 5.41) is 1.23. The van der Waals surface area contributed by atoms with Crippen LogP contribution >= 0.6 is 0 Å². The average Bonchev–Trinajstić information content (AvgIpc) is 2.65. The van der Waals surface area contributed by atoms with Crippen LogP contribution in [-0.2, 0) is 6.42 Å². The quantitative estimate of drug-likeness (QED) is 0.480. The van der Waals surface area contributed by atoms with Crippen LogP contribution in [0.5, 0.6) is 0 Å². The number of benzene rings is 2. The van der Waals surface area contributed by atoms with Gasteiger partial charge in [-0.3, -0.25) is 4.98 Å². The molecule has 0 aliphatic carbocycles. The highest BCUT2D eigenvalue weighted by atomic mass is 14.6. The zero-order valence-corrected chi connectivity index (χ0v) is 16.9. The summed E-state index contributed by atoms with van der Waals surface area (Å²) in [4.78, 5) is 4.40. The standard InChI is InChI=1S/C12H13N.C10H14.C2H6/c1-9(2)11-7-10-5-3-4-6-12(10)13-8-11;1-4-10-6-5-8(2)9(3)7-10;1-2/h3-9H,1-2H3;5-7H,4H2,1-3H3;1-2H3. The van der Waals surface area contributed by atoms with E-state index in [9.17, 15) is 0 Å². The van der Waals surface area contributed by atoms with E-state index in [0.29, 0.717) is 5.92 Å². The van der Waals surface area contributed by atoms with Gasteiger partial charge in [-0.1, -0.05) is 71.0 Å². The van der Waals surface area contributed by atoms with Crippen molar-refractivity contribution in [2.24, 2.45) is 0 Å². The number of pyridine rings is 1. The van der Waals surface area contributed by atoms with Gasteiger partial charge >= 0.3 is 0 Å². The molecule has 2 aromatic carbocycles. The summed E-state index contributed by atoms with van der Waals surface area (Å²) in [5.41, 5.74) is 6.60. The maximum atomic E-state index is 4.40. The monoisotopic (exact) mass is 335 g/mol. The van der Waals surface area contributed by atoms with Crippen LogP contribution in [0.3, 0.4) is 0 Å². The Balaban J connectivity index is 0.000000235. The Bertz CT molecular complexity index is 772. The van der Waals surface area contributed by atoms with E-state index in [0.717, 1.165) is 11.9 Å². The fraction of sp³-hybridized carbons (Fsp3) is 0.375. The molecule has 1 nitrogen and oxygen atoms in total. The molecule has 0 atom stereocenters. The summed E-state index contributed by atoms with van der Waals surface area (Å²) in [6.07, 6.45) is 3.11. The summed E-state index contributed by atoms with van der Waals surface area (Å²) in [6.45, 7) is 14.9. The van der Waals surface area contributed by atoms with Crippen LogP contribution in [-0.4, -0.2) is 4.98 Å². The van der Waals surface area contributed by atoms with Crippen molar-refractivity contribution in [2.75, 3.05) is 0 Å². The van der Waals surface area contributed by atoms with Gasteiger partial charge in [0, 0.05) is 11.6 Å². The Kier molecular flexibility index (Phi) is 8.91. The average molecular weight is 336 g/mol. The Morgan fingerprint density at radius 3 is 2.16 bits per heavy atom. The predicted molar refractivity (Wildman–Crippen MR) is 112 cm³/mol. The first kappa shape index (κ1) is 20.9. The molecule has 0 radical (unpaired) electrons. The van der Waals surface area contributed by atoms with E-state index in [-0.39, 0.29) is 0 Å². The fourth-order valence-corrected chi connectivity index (χ4v) is 2.43. The number of hydrogen-bond donors (Lipinski definition) is 0. The third kappa shape index (κ3) is 6.34. The topological polar surface area (TPSA) is 12.9 Å². The zero-order chi connectivity index (χ0) is 18.8. The Labute approximate surface area is 154 Å². The predicted octanol–water partition coefficient (Wildman–Crippen LogP) is 7.25. The first-order valence-electron chi connectivity index (χ1n) is 9.42. The lowest BCUT2D eigenvalue weighted by atomic mass is 10.0. The fourth-order valence-electron chi connectivity index (χ4n) is 2.43. The molecule has 0 unspecified atom stereocenters. The molecule has 0 saturated carbocycles. The van der Waals surface area contributed by atoms with Gasteiger partial charge < -0.3 is 0 Å². The van der Waals surface area contributed by atoms with E-state index in [2.05, 4.69) is 69.9 Å². The maximum Gasteiger partial charge on any atom is 0.0702 e. The lowest BCUT2D eigenvalue weighted by Gasteiger charge is -2.05. The van der Waals surface area contributed by atoms with Crippen LogP contribution in [0.1, 0.15) is 62.8 Å². The highest BCUT2D eigenvalue weighted by molar-refractivity contribution is 5.78. The molecule has 0 spiro atoms. The molecule has 3 aromatic rings. The molecule has 0 aliphatic heterocycles. The van der Waals surface area contributed by atoms with Crippen molar-refractivity contribution < 1.29 is 0 Å². The van der Waals surface area contributed by atoms with Gasteiger partial charge in [0.25, 0.3) is 0 Å². The van der Waals surface area contributed by atoms with Gasteiger partial charge in [0.05, 0.1) is 5.52 Å². The summed E-state index contributed by atoms with van der Waals surface area (Å²) in [5.74, 6) is 0.553. The minimum Gasteiger partial charge on any atom is -0.256 e. The van der Waals surface area contributed by atoms with Crippen LogP contribution in [0.25, 0.3) is 10.9 Å². The van der Waals surface area contributed by atoms with Gasteiger partial charge in [0.15, 0.2) is 0 Å². The van der Waals surface area contributed by atoms with Gasteiger partial charge in [0.2, 0.25) is 0 Å². The minimum absolute atomic E-state index is 0.553. The van der Waals surface area contributed by atoms with Crippen molar-refractivity contribution in [1.29, 1.82) is 0 Å². The number of aromatic nitrogens is 1. The van der Waals surface area contributed by atoms with E-state index in [1.807, 2.05) is 38.2 Å². The third-order valence-electron chi connectivity index (χ3n) is 4.26. The largest absolute Gasteiger partial charge is 0.256 e. The number of rotatable bonds is 2. The number of fused-ring (bicyclic) bond motifs is 1. The second-order valence-corrected chi connectivity index (χ2v) is 6.39. The van der Waals surface area contributed by atoms with Gasteiger partial charge in [-0.15, -0.1) is 0 Å². The third-order valence-corrected chi connectivity index (χ3v) is 4.26. The molecule has 0 saturated heterocycles. The van der Waals surface area contributed by atoms with Crippen molar-refractivity contribution in [3.05, 3.63) is 77.0 Å². The summed E-state index contributed by atoms with van der Waals surface area (Å²) in [6, 6.07) is 17.1. The summed E-state index contributed by atoms with van der Waals surface area (Å²) < 4.78 is 0. The molecule has 1 aromatic heterocycles. The lowest BCUT2D eigenvalue weighted by molar-refractivity contribution is 0.862. The normalized spacial score (nSPS) is 9.92. The van der Waals surface area contributed by atoms with Crippen LogP contribution < -0.4 is 0 Å². The van der Waals surface area contributed by atoms with E-state index >= 15 is 0 Å². The molecule has 1 heteroatoms. The second kappa shape index (κ2) is 10.7. The van der Waals surface area contributed by atoms with E-state index in [4.69, 9.17) is 0 Å². The van der Waals surface area contributed by atoms with E-state index in [1.165, 1.54) is 27.6 Å². The summed E-state index contributed by atoms with van der Waals surface area (Å²) in [7, 11) is 0. The molecule has 3 rings (SSSR count). The number of aryl methyl sites for hydroxylation is 3. The van der Waals surface area contributed by atoms with Crippen LogP contribution in [0, 0.1) is 13.8 Å². The van der Waals surface area contributed by atoms with Gasteiger partial charge in [-0.05, 0) is 60.6 Å². The highest BCUT2D eigenvalue weighted by Crippen LogP contribution is 2.18. The second-order valence-electron chi connectivity index (χ2n) is 6.39. The summed E-state index contributed by atoms with van der Waals surface area (Å²) >= 11 is 0. The molecule has 0 aliphatic rings. The molecule has 0 N–H and O–H groups in total. The lowest BCUT2D eigenvalue weighted by Crippen LogP contribution is -1.88. The SMILES string of the molecule is CC.CC(C)c1cnc2ccccc2c1.CCc1ccc(C)c(C)c1. The molecular weight excluding hydrogens is 302 g/mol. The van der Waals surface area contributed by atoms with Gasteiger partial charge in [-0.25, -0.2) is 0 Å². The van der Waals surface area contributed by atoms with Crippen molar-refractivity contribution >= 4 is 10.9 Å². The Hall–Kier alpha value is -2.15. The maximum absolute atomic E-state index is 4.40. The van der Waals surface area contributed by atoms with Crippen LogP contribution in [0.4, 0.5) is 0 Å². The smallest absolute Gasteiger partial charge is 0.0702 e. The highest BCUT2D eigenvalue weighted by Gasteiger charge is 2.00. The van der Waals surface area contributed by atoms with Crippen molar-refractivity contribution in [2.45, 2.75) is 60.8 Å². The minimum atomic E-state index is 0.553. The Morgan fingerprint density at radius 2 is 1.56 bits per heavy atom. The molecule has 0 fully saturated rings. The van der Waals surface area contributed by atoms with E-state index < -0.39 is 0 Å².